The number of urea groups is 1. The van der Waals surface area contributed by atoms with Crippen LogP contribution in [0.4, 0.5) is 4.79 Å². The number of aromatic nitrogens is 1. The number of benzene rings is 1. The first kappa shape index (κ1) is 16.7. The third kappa shape index (κ3) is 5.90. The molecule has 0 fully saturated rings. The average molecular weight is 312 g/mol. The molecular formula is C18H22N3O2+. The van der Waals surface area contributed by atoms with E-state index in [4.69, 9.17) is 0 Å². The molecule has 2 N–H and O–H groups in total. The summed E-state index contributed by atoms with van der Waals surface area (Å²) in [6.45, 7) is 2.63. The Morgan fingerprint density at radius 3 is 2.30 bits per heavy atom. The first-order chi connectivity index (χ1) is 11.2. The molecule has 2 aromatic rings. The van der Waals surface area contributed by atoms with E-state index >= 15 is 0 Å². The third-order valence-corrected chi connectivity index (χ3v) is 3.33. The molecule has 1 heterocycles. The molecule has 0 spiro atoms. The normalized spacial score (nSPS) is 10.1. The van der Waals surface area contributed by atoms with Gasteiger partial charge in [-0.3, -0.25) is 10.1 Å². The lowest BCUT2D eigenvalue weighted by atomic mass is 10.1. The van der Waals surface area contributed by atoms with Gasteiger partial charge in [-0.25, -0.2) is 4.79 Å². The Bertz CT molecular complexity index is 639. The number of hydrogen-bond acceptors (Lipinski definition) is 2. The minimum absolute atomic E-state index is 0.116. The van der Waals surface area contributed by atoms with Gasteiger partial charge in [0.25, 0.3) is 5.91 Å². The molecule has 0 aliphatic rings. The molecule has 1 aromatic heterocycles. The summed E-state index contributed by atoms with van der Waals surface area (Å²) in [7, 11) is 0. The van der Waals surface area contributed by atoms with Crippen molar-refractivity contribution in [3.63, 3.8) is 0 Å². The summed E-state index contributed by atoms with van der Waals surface area (Å²) in [5.41, 5.74) is 2.42. The Kier molecular flexibility index (Phi) is 6.29. The quantitative estimate of drug-likeness (QED) is 0.799. The molecule has 0 saturated carbocycles. The largest absolute Gasteiger partial charge is 0.338 e. The lowest BCUT2D eigenvalue weighted by Crippen LogP contribution is -2.47. The van der Waals surface area contributed by atoms with Gasteiger partial charge in [-0.15, -0.1) is 0 Å². The van der Waals surface area contributed by atoms with Crippen molar-refractivity contribution in [1.29, 1.82) is 0 Å². The van der Waals surface area contributed by atoms with Crippen molar-refractivity contribution in [1.82, 2.24) is 10.6 Å². The molecule has 1 aromatic carbocycles. The standard InChI is InChI=1S/C18H21N3O2/c1-2-10-19-18(23)20-17(22)14-21-11-8-16(9-12-21)13-15-6-4-3-5-7-15/h3-9,11-12H,2,10,13-14H2,1H3,(H-,19,20,22,23)/p+1. The lowest BCUT2D eigenvalue weighted by molar-refractivity contribution is -0.684. The van der Waals surface area contributed by atoms with Crippen molar-refractivity contribution in [2.75, 3.05) is 6.54 Å². The summed E-state index contributed by atoms with van der Waals surface area (Å²) < 4.78 is 1.75. The number of amides is 3. The molecule has 0 radical (unpaired) electrons. The van der Waals surface area contributed by atoms with E-state index in [-0.39, 0.29) is 12.5 Å². The van der Waals surface area contributed by atoms with Crippen molar-refractivity contribution in [2.24, 2.45) is 0 Å². The van der Waals surface area contributed by atoms with Gasteiger partial charge in [0.2, 0.25) is 6.54 Å². The monoisotopic (exact) mass is 312 g/mol. The van der Waals surface area contributed by atoms with Gasteiger partial charge in [0, 0.05) is 18.7 Å². The molecule has 5 nitrogen and oxygen atoms in total. The molecule has 5 heteroatoms. The van der Waals surface area contributed by atoms with Crippen molar-refractivity contribution in [3.05, 3.63) is 66.0 Å². The molecule has 0 aliphatic carbocycles. The fourth-order valence-electron chi connectivity index (χ4n) is 2.16. The highest BCUT2D eigenvalue weighted by atomic mass is 16.2. The van der Waals surface area contributed by atoms with E-state index in [1.165, 1.54) is 11.1 Å². The number of hydrogen-bond donors (Lipinski definition) is 2. The van der Waals surface area contributed by atoms with Crippen molar-refractivity contribution in [2.45, 2.75) is 26.3 Å². The number of nitrogens with one attached hydrogen (secondary N) is 2. The van der Waals surface area contributed by atoms with E-state index in [9.17, 15) is 9.59 Å². The fraction of sp³-hybridized carbons (Fsp3) is 0.278. The van der Waals surface area contributed by atoms with Crippen LogP contribution in [0.25, 0.3) is 0 Å². The zero-order chi connectivity index (χ0) is 16.5. The van der Waals surface area contributed by atoms with Gasteiger partial charge in [0.1, 0.15) is 0 Å². The van der Waals surface area contributed by atoms with E-state index in [2.05, 4.69) is 22.8 Å². The molecule has 0 atom stereocenters. The molecule has 0 saturated heterocycles. The third-order valence-electron chi connectivity index (χ3n) is 3.33. The molecule has 23 heavy (non-hydrogen) atoms. The summed E-state index contributed by atoms with van der Waals surface area (Å²) >= 11 is 0. The predicted octanol–water partition coefficient (Wildman–Crippen LogP) is 1.80. The SMILES string of the molecule is CCCNC(=O)NC(=O)C[n+]1ccc(Cc2ccccc2)cc1. The van der Waals surface area contributed by atoms with Crippen LogP contribution in [0.5, 0.6) is 0 Å². The van der Waals surface area contributed by atoms with Crippen molar-refractivity contribution in [3.8, 4) is 0 Å². The molecule has 3 amide bonds. The number of rotatable bonds is 6. The first-order valence-electron chi connectivity index (χ1n) is 7.77. The summed E-state index contributed by atoms with van der Waals surface area (Å²) in [6, 6.07) is 13.7. The van der Waals surface area contributed by atoms with E-state index in [0.717, 1.165) is 12.8 Å². The second-order valence-electron chi connectivity index (χ2n) is 5.35. The van der Waals surface area contributed by atoms with Crippen LogP contribution in [-0.4, -0.2) is 18.5 Å². The topological polar surface area (TPSA) is 62.1 Å². The van der Waals surface area contributed by atoms with Crippen LogP contribution in [-0.2, 0) is 17.8 Å². The van der Waals surface area contributed by atoms with Gasteiger partial charge in [0.05, 0.1) is 0 Å². The highest BCUT2D eigenvalue weighted by Gasteiger charge is 2.12. The van der Waals surface area contributed by atoms with E-state index < -0.39 is 6.03 Å². The van der Waals surface area contributed by atoms with E-state index in [0.29, 0.717) is 6.54 Å². The molecular weight excluding hydrogens is 290 g/mol. The lowest BCUT2D eigenvalue weighted by Gasteiger charge is -2.04. The van der Waals surface area contributed by atoms with Gasteiger partial charge >= 0.3 is 6.03 Å². The number of carbonyl (C=O) groups excluding carboxylic acids is 2. The first-order valence-corrected chi connectivity index (χ1v) is 7.77. The van der Waals surface area contributed by atoms with Gasteiger partial charge in [-0.1, -0.05) is 37.3 Å². The highest BCUT2D eigenvalue weighted by Crippen LogP contribution is 2.06. The zero-order valence-corrected chi connectivity index (χ0v) is 13.3. The Balaban J connectivity index is 1.85. The summed E-state index contributed by atoms with van der Waals surface area (Å²) in [4.78, 5) is 23.2. The number of carbonyl (C=O) groups is 2. The van der Waals surface area contributed by atoms with Crippen molar-refractivity contribution >= 4 is 11.9 Å². The van der Waals surface area contributed by atoms with Crippen LogP contribution >= 0.6 is 0 Å². The molecule has 2 rings (SSSR count). The van der Waals surface area contributed by atoms with Crippen LogP contribution in [0.2, 0.25) is 0 Å². The summed E-state index contributed by atoms with van der Waals surface area (Å²) in [5, 5.41) is 4.91. The molecule has 0 aliphatic heterocycles. The molecule has 0 unspecified atom stereocenters. The van der Waals surface area contributed by atoms with Gasteiger partial charge in [0.15, 0.2) is 12.4 Å². The molecule has 120 valence electrons. The number of imide groups is 1. The maximum atomic E-state index is 11.8. The van der Waals surface area contributed by atoms with Gasteiger partial charge in [-0.05, 0) is 24.0 Å². The van der Waals surface area contributed by atoms with Crippen molar-refractivity contribution < 1.29 is 14.2 Å². The second kappa shape index (κ2) is 8.68. The number of pyridine rings is 1. The van der Waals surface area contributed by atoms with E-state index in [1.807, 2.05) is 49.6 Å². The van der Waals surface area contributed by atoms with E-state index in [1.54, 1.807) is 4.57 Å². The Hall–Kier alpha value is -2.69. The van der Waals surface area contributed by atoms with Crippen LogP contribution in [0.1, 0.15) is 24.5 Å². The average Bonchev–Trinajstić information content (AvgIpc) is 2.55. The maximum Gasteiger partial charge on any atom is 0.321 e. The van der Waals surface area contributed by atoms with Crippen LogP contribution in [0, 0.1) is 0 Å². The maximum absolute atomic E-state index is 11.8. The fourth-order valence-corrected chi connectivity index (χ4v) is 2.16. The Labute approximate surface area is 136 Å². The minimum Gasteiger partial charge on any atom is -0.338 e. The molecule has 0 bridgehead atoms. The predicted molar refractivity (Wildman–Crippen MR) is 87.7 cm³/mol. The Morgan fingerprint density at radius 1 is 1.00 bits per heavy atom. The smallest absolute Gasteiger partial charge is 0.321 e. The summed E-state index contributed by atoms with van der Waals surface area (Å²) in [5.74, 6) is -0.334. The van der Waals surface area contributed by atoms with Crippen LogP contribution in [0.15, 0.2) is 54.9 Å². The summed E-state index contributed by atoms with van der Waals surface area (Å²) in [6.07, 6.45) is 5.39. The van der Waals surface area contributed by atoms with Gasteiger partial charge in [-0.2, -0.15) is 4.57 Å². The number of nitrogens with zero attached hydrogens (tertiary/aromatic N) is 1. The minimum atomic E-state index is -0.446. The van der Waals surface area contributed by atoms with Crippen LogP contribution in [0.3, 0.4) is 0 Å². The highest BCUT2D eigenvalue weighted by molar-refractivity contribution is 5.93. The Morgan fingerprint density at radius 2 is 1.65 bits per heavy atom. The second-order valence-corrected chi connectivity index (χ2v) is 5.35. The van der Waals surface area contributed by atoms with Gasteiger partial charge < -0.3 is 5.32 Å². The van der Waals surface area contributed by atoms with Crippen LogP contribution < -0.4 is 15.2 Å². The zero-order valence-electron chi connectivity index (χ0n) is 13.3.